The van der Waals surface area contributed by atoms with Crippen molar-refractivity contribution in [1.29, 1.82) is 0 Å². The van der Waals surface area contributed by atoms with Crippen molar-refractivity contribution in [2.24, 2.45) is 0 Å². The first-order valence-corrected chi connectivity index (χ1v) is 18.9. The zero-order valence-electron chi connectivity index (χ0n) is 23.9. The molecule has 0 bridgehead atoms. The molecule has 0 aliphatic carbocycles. The van der Waals surface area contributed by atoms with E-state index in [9.17, 15) is 0 Å². The second-order valence-electron chi connectivity index (χ2n) is 9.50. The largest absolute Gasteiger partial charge is 0.500 e. The highest BCUT2D eigenvalue weighted by atomic mass is 31.1. The quantitative estimate of drug-likeness (QED) is 0.116. The van der Waals surface area contributed by atoms with E-state index in [1.165, 1.54) is 21.2 Å². The highest BCUT2D eigenvalue weighted by Crippen LogP contribution is 2.40. The van der Waals surface area contributed by atoms with E-state index in [4.69, 9.17) is 13.3 Å². The Hall–Kier alpha value is -2.20. The van der Waals surface area contributed by atoms with Gasteiger partial charge in [-0.1, -0.05) is 121 Å². The maximum atomic E-state index is 6.03. The van der Waals surface area contributed by atoms with Crippen molar-refractivity contribution in [3.63, 3.8) is 0 Å². The fraction of sp³-hybridized carbons (Fsp3) is 0.273. The van der Waals surface area contributed by atoms with Crippen LogP contribution in [-0.2, 0) is 13.3 Å². The van der Waals surface area contributed by atoms with E-state index < -0.39 is 24.6 Å². The molecule has 0 spiro atoms. The molecule has 0 saturated carbocycles. The van der Waals surface area contributed by atoms with E-state index in [0.717, 1.165) is 31.6 Å². The van der Waals surface area contributed by atoms with Gasteiger partial charge in [-0.15, -0.1) is 0 Å². The number of rotatable bonds is 16. The predicted molar refractivity (Wildman–Crippen MR) is 175 cm³/mol. The number of nitrogens with zero attached hydrogens (tertiary/aromatic N) is 1. The average molecular weight is 590 g/mol. The molecule has 4 nitrogen and oxygen atoms in total. The standard InChI is InChI=1S/C33H41NO3P2Si/c1-4-37-40(35-2,36-3)27-17-26-34(28-38(30-18-9-5-10-19-30)31-20-11-6-12-21-31)29-39(32-22-13-7-14-23-32)33-24-15-8-16-25-33/h5-16,18-25H,4,17,26-29H2,1-3H3. The van der Waals surface area contributed by atoms with Crippen LogP contribution in [0.3, 0.4) is 0 Å². The van der Waals surface area contributed by atoms with Crippen LogP contribution < -0.4 is 21.2 Å². The summed E-state index contributed by atoms with van der Waals surface area (Å²) < 4.78 is 17.7. The predicted octanol–water partition coefficient (Wildman–Crippen LogP) is 6.13. The smallest absolute Gasteiger partial charge is 0.377 e. The van der Waals surface area contributed by atoms with Crippen LogP contribution in [0.5, 0.6) is 0 Å². The first-order valence-electron chi connectivity index (χ1n) is 13.9. The van der Waals surface area contributed by atoms with Gasteiger partial charge < -0.3 is 13.3 Å². The van der Waals surface area contributed by atoms with Crippen LogP contribution in [0.1, 0.15) is 13.3 Å². The van der Waals surface area contributed by atoms with Crippen molar-refractivity contribution in [1.82, 2.24) is 4.90 Å². The van der Waals surface area contributed by atoms with Gasteiger partial charge in [0.1, 0.15) is 0 Å². The lowest BCUT2D eigenvalue weighted by Crippen LogP contribution is -2.44. The Morgan fingerprint density at radius 2 is 0.925 bits per heavy atom. The van der Waals surface area contributed by atoms with E-state index in [0.29, 0.717) is 6.61 Å². The molecular formula is C33H41NO3P2Si. The minimum atomic E-state index is -2.66. The molecule has 0 aliphatic rings. The van der Waals surface area contributed by atoms with Gasteiger partial charge in [-0.05, 0) is 57.0 Å². The Morgan fingerprint density at radius 1 is 0.575 bits per heavy atom. The normalized spacial score (nSPS) is 11.9. The molecule has 4 aromatic rings. The summed E-state index contributed by atoms with van der Waals surface area (Å²) >= 11 is 0. The third-order valence-electron chi connectivity index (χ3n) is 6.90. The van der Waals surface area contributed by atoms with E-state index in [2.05, 4.69) is 126 Å². The zero-order chi connectivity index (χ0) is 28.0. The summed E-state index contributed by atoms with van der Waals surface area (Å²) in [6.07, 6.45) is 2.93. The molecule has 0 N–H and O–H groups in total. The highest BCUT2D eigenvalue weighted by Gasteiger charge is 2.38. The topological polar surface area (TPSA) is 30.9 Å². The Bertz CT molecular complexity index is 1070. The second kappa shape index (κ2) is 16.3. The fourth-order valence-electron chi connectivity index (χ4n) is 4.86. The van der Waals surface area contributed by atoms with Crippen molar-refractivity contribution in [3.8, 4) is 0 Å². The van der Waals surface area contributed by atoms with Gasteiger partial charge in [-0.3, -0.25) is 4.90 Å². The molecule has 0 atom stereocenters. The number of hydrogen-bond donors (Lipinski definition) is 0. The molecule has 4 rings (SSSR count). The SMILES string of the molecule is CCO[Si](CCCN(CP(c1ccccc1)c1ccccc1)CP(c1ccccc1)c1ccccc1)(OC)OC. The van der Waals surface area contributed by atoms with Gasteiger partial charge in [0.05, 0.1) is 0 Å². The van der Waals surface area contributed by atoms with E-state index in [-0.39, 0.29) is 0 Å². The van der Waals surface area contributed by atoms with Gasteiger partial charge in [0.25, 0.3) is 0 Å². The lowest BCUT2D eigenvalue weighted by Gasteiger charge is -2.33. The molecule has 4 aromatic carbocycles. The monoisotopic (exact) mass is 589 g/mol. The summed E-state index contributed by atoms with van der Waals surface area (Å²) in [7, 11) is -0.350. The molecule has 0 radical (unpaired) electrons. The maximum absolute atomic E-state index is 6.03. The molecule has 0 aromatic heterocycles. The zero-order valence-corrected chi connectivity index (χ0v) is 26.6. The van der Waals surface area contributed by atoms with E-state index in [1.807, 2.05) is 6.92 Å². The Morgan fingerprint density at radius 3 is 1.23 bits per heavy atom. The van der Waals surface area contributed by atoms with Crippen molar-refractivity contribution in [2.75, 3.05) is 39.9 Å². The summed E-state index contributed by atoms with van der Waals surface area (Å²) in [5.41, 5.74) is 0. The molecule has 0 unspecified atom stereocenters. The third-order valence-corrected chi connectivity index (χ3v) is 14.9. The Labute approximate surface area is 244 Å². The van der Waals surface area contributed by atoms with Crippen molar-refractivity contribution < 1.29 is 13.3 Å². The molecule has 7 heteroatoms. The number of hydrogen-bond acceptors (Lipinski definition) is 4. The van der Waals surface area contributed by atoms with Crippen LogP contribution in [-0.4, -0.2) is 53.6 Å². The van der Waals surface area contributed by atoms with Crippen LogP contribution in [0, 0.1) is 0 Å². The lowest BCUT2D eigenvalue weighted by molar-refractivity contribution is 0.102. The van der Waals surface area contributed by atoms with Gasteiger partial charge in [-0.2, -0.15) is 0 Å². The summed E-state index contributed by atoms with van der Waals surface area (Å²) in [4.78, 5) is 2.69. The van der Waals surface area contributed by atoms with Crippen LogP contribution in [0.2, 0.25) is 6.04 Å². The fourth-order valence-corrected chi connectivity index (χ4v) is 11.7. The lowest BCUT2D eigenvalue weighted by atomic mass is 10.4. The summed E-state index contributed by atoms with van der Waals surface area (Å²) in [5, 5.41) is 5.63. The Kier molecular flexibility index (Phi) is 12.5. The molecular weight excluding hydrogens is 548 g/mol. The van der Waals surface area contributed by atoms with Gasteiger partial charge >= 0.3 is 8.80 Å². The van der Waals surface area contributed by atoms with Gasteiger partial charge in [-0.25, -0.2) is 0 Å². The molecule has 0 aliphatic heterocycles. The molecule has 210 valence electrons. The minimum Gasteiger partial charge on any atom is -0.377 e. The average Bonchev–Trinajstić information content (AvgIpc) is 3.03. The van der Waals surface area contributed by atoms with Crippen LogP contribution in [0.15, 0.2) is 121 Å². The molecule has 0 fully saturated rings. The summed E-state index contributed by atoms with van der Waals surface area (Å²) in [6.45, 7) is 3.55. The number of benzene rings is 4. The highest BCUT2D eigenvalue weighted by molar-refractivity contribution is 7.73. The summed E-state index contributed by atoms with van der Waals surface area (Å²) in [6, 6.07) is 44.9. The minimum absolute atomic E-state index is 0.563. The molecule has 0 heterocycles. The van der Waals surface area contributed by atoms with Crippen molar-refractivity contribution in [2.45, 2.75) is 19.4 Å². The van der Waals surface area contributed by atoms with Crippen LogP contribution in [0.25, 0.3) is 0 Å². The third kappa shape index (κ3) is 8.65. The van der Waals surface area contributed by atoms with Crippen molar-refractivity contribution >= 4 is 45.9 Å². The van der Waals surface area contributed by atoms with Crippen LogP contribution >= 0.6 is 15.8 Å². The first-order chi connectivity index (χ1) is 19.7. The molecule has 0 amide bonds. The maximum Gasteiger partial charge on any atom is 0.500 e. The Balaban J connectivity index is 1.66. The van der Waals surface area contributed by atoms with Gasteiger partial charge in [0.15, 0.2) is 0 Å². The van der Waals surface area contributed by atoms with Crippen LogP contribution in [0.4, 0.5) is 0 Å². The summed E-state index contributed by atoms with van der Waals surface area (Å²) in [5.74, 6) is 0. The molecule has 0 saturated heterocycles. The van der Waals surface area contributed by atoms with E-state index in [1.54, 1.807) is 14.2 Å². The van der Waals surface area contributed by atoms with Gasteiger partial charge in [0, 0.05) is 39.4 Å². The molecule has 40 heavy (non-hydrogen) atoms. The second-order valence-corrected chi connectivity index (χ2v) is 16.8. The van der Waals surface area contributed by atoms with Crippen molar-refractivity contribution in [3.05, 3.63) is 121 Å². The first kappa shape index (κ1) is 30.7. The van der Waals surface area contributed by atoms with E-state index >= 15 is 0 Å². The van der Waals surface area contributed by atoms with Gasteiger partial charge in [0.2, 0.25) is 0 Å².